The van der Waals surface area contributed by atoms with Crippen molar-refractivity contribution in [1.82, 2.24) is 0 Å². The highest BCUT2D eigenvalue weighted by atomic mass is 32.1. The maximum atomic E-state index is 9.79. The van der Waals surface area contributed by atoms with Gasteiger partial charge in [0, 0.05) is 12.4 Å². The second-order valence-corrected chi connectivity index (χ2v) is 0.816. The summed E-state index contributed by atoms with van der Waals surface area (Å²) in [5.74, 6) is -0.454. The van der Waals surface area contributed by atoms with Crippen molar-refractivity contribution in [1.29, 1.82) is 0 Å². The third-order valence-corrected chi connectivity index (χ3v) is 0.445. The lowest BCUT2D eigenvalue weighted by Crippen LogP contribution is -1.78. The number of hydrogen-bond acceptors (Lipinski definition) is 2. The van der Waals surface area contributed by atoms with Gasteiger partial charge in [0.05, 0.1) is 0 Å². The molecule has 0 fully saturated rings. The van der Waals surface area contributed by atoms with Crippen molar-refractivity contribution in [2.45, 2.75) is 0 Å². The van der Waals surface area contributed by atoms with Crippen molar-refractivity contribution in [2.75, 3.05) is 0 Å². The Morgan fingerprint density at radius 2 is 2.50 bits per heavy atom. The minimum absolute atomic E-state index is 0.454. The number of hydrogen-bond donors (Lipinski definition) is 0. The molecule has 0 saturated heterocycles. The molecule has 0 aromatic heterocycles. The summed E-state index contributed by atoms with van der Waals surface area (Å²) >= 11 is 3.98. The predicted molar refractivity (Wildman–Crippen MR) is 25.0 cm³/mol. The first-order chi connectivity index (χ1) is 2.81. The number of amides is 1. The molecule has 0 N–H and O–H groups in total. The maximum absolute atomic E-state index is 9.79. The third-order valence-electron chi connectivity index (χ3n) is 0.265. The van der Waals surface area contributed by atoms with Crippen molar-refractivity contribution in [3.63, 3.8) is 0 Å². The summed E-state index contributed by atoms with van der Waals surface area (Å²) < 4.78 is 2.83. The molecule has 0 saturated carbocycles. The number of carbonyl (C=O) groups excluding carboxylic acids is 1. The molecule has 0 aliphatic carbocycles. The van der Waals surface area contributed by atoms with Gasteiger partial charge in [-0.2, -0.15) is 0 Å². The van der Waals surface area contributed by atoms with E-state index in [1.807, 2.05) is 0 Å². The van der Waals surface area contributed by atoms with Gasteiger partial charge in [-0.05, 0) is 6.08 Å². The van der Waals surface area contributed by atoms with Crippen molar-refractivity contribution in [3.05, 3.63) is 12.7 Å². The maximum Gasteiger partial charge on any atom is 0.280 e. The molecule has 0 bridgehead atoms. The zero-order chi connectivity index (χ0) is 4.99. The lowest BCUT2D eigenvalue weighted by molar-refractivity contribution is -0.113. The fourth-order valence-corrected chi connectivity index (χ4v) is 0.112. The largest absolute Gasteiger partial charge is 0.280 e. The van der Waals surface area contributed by atoms with E-state index in [1.165, 1.54) is 0 Å². The first-order valence-corrected chi connectivity index (χ1v) is 1.67. The SMILES string of the molecule is C=CC(=O)N=S. The van der Waals surface area contributed by atoms with Gasteiger partial charge in [-0.15, -0.1) is 4.36 Å². The smallest absolute Gasteiger partial charge is 0.267 e. The van der Waals surface area contributed by atoms with E-state index < -0.39 is 5.91 Å². The Bertz CT molecular complexity index is 78.8. The first-order valence-electron chi connectivity index (χ1n) is 1.31. The standard InChI is InChI=1S/C3H3NOS/c1-2-3(5)4-6/h2H,1H2. The highest BCUT2D eigenvalue weighted by molar-refractivity contribution is 7.47. The van der Waals surface area contributed by atoms with E-state index in [0.29, 0.717) is 0 Å². The Labute approximate surface area is 41.0 Å². The van der Waals surface area contributed by atoms with E-state index in [0.717, 1.165) is 6.08 Å². The summed E-state index contributed by atoms with van der Waals surface area (Å²) in [7, 11) is 0. The summed E-state index contributed by atoms with van der Waals surface area (Å²) in [6.45, 7) is 3.12. The average Bonchev–Trinajstić information content (AvgIpc) is 1.65. The Kier molecular flexibility index (Phi) is 2.40. The topological polar surface area (TPSA) is 29.4 Å². The number of carbonyl (C=O) groups is 1. The van der Waals surface area contributed by atoms with Crippen LogP contribution in [0.4, 0.5) is 0 Å². The zero-order valence-corrected chi connectivity index (χ0v) is 3.86. The van der Waals surface area contributed by atoms with Gasteiger partial charge >= 0.3 is 0 Å². The van der Waals surface area contributed by atoms with Crippen LogP contribution < -0.4 is 0 Å². The normalized spacial score (nSPS) is 6.67. The Hall–Kier alpha value is -0.570. The molecular formula is C3H3NOS. The second kappa shape index (κ2) is 2.66. The van der Waals surface area contributed by atoms with E-state index in [1.54, 1.807) is 0 Å². The highest BCUT2D eigenvalue weighted by Gasteiger charge is 1.79. The van der Waals surface area contributed by atoms with Crippen LogP contribution in [0.15, 0.2) is 17.0 Å². The molecule has 0 unspecified atom stereocenters. The van der Waals surface area contributed by atoms with Crippen LogP contribution in [0.1, 0.15) is 0 Å². The van der Waals surface area contributed by atoms with Gasteiger partial charge in [-0.1, -0.05) is 6.58 Å². The number of rotatable bonds is 1. The lowest BCUT2D eigenvalue weighted by atomic mass is 10.6. The molecule has 3 heteroatoms. The van der Waals surface area contributed by atoms with Gasteiger partial charge in [0.25, 0.3) is 5.91 Å². The molecule has 0 spiro atoms. The van der Waals surface area contributed by atoms with Gasteiger partial charge in [-0.25, -0.2) is 0 Å². The van der Waals surface area contributed by atoms with Crippen LogP contribution in [-0.2, 0) is 17.2 Å². The van der Waals surface area contributed by atoms with Crippen molar-refractivity contribution in [3.8, 4) is 0 Å². The number of nitrogens with zero attached hydrogens (tertiary/aromatic N) is 1. The van der Waals surface area contributed by atoms with Gasteiger partial charge in [-0.3, -0.25) is 4.79 Å². The van der Waals surface area contributed by atoms with Crippen molar-refractivity contribution >= 4 is 18.3 Å². The second-order valence-electron chi connectivity index (χ2n) is 0.634. The average molecular weight is 101 g/mol. The van der Waals surface area contributed by atoms with E-state index >= 15 is 0 Å². The summed E-state index contributed by atoms with van der Waals surface area (Å²) in [4.78, 5) is 9.79. The molecule has 0 heterocycles. The van der Waals surface area contributed by atoms with E-state index in [2.05, 4.69) is 23.4 Å². The molecule has 0 atom stereocenters. The monoisotopic (exact) mass is 101 g/mol. The lowest BCUT2D eigenvalue weighted by Gasteiger charge is -1.65. The van der Waals surface area contributed by atoms with Crippen LogP contribution in [0.25, 0.3) is 0 Å². The molecule has 2 nitrogen and oxygen atoms in total. The molecule has 0 radical (unpaired) electrons. The molecule has 0 aliphatic rings. The summed E-state index contributed by atoms with van der Waals surface area (Å²) in [6, 6.07) is 0. The summed E-state index contributed by atoms with van der Waals surface area (Å²) in [5, 5.41) is 0. The molecule has 0 aromatic rings. The molecule has 0 aromatic carbocycles. The van der Waals surface area contributed by atoms with Crippen molar-refractivity contribution in [2.24, 2.45) is 4.36 Å². The minimum Gasteiger partial charge on any atom is -0.267 e. The van der Waals surface area contributed by atoms with Gasteiger partial charge < -0.3 is 0 Å². The molecular weight excluding hydrogens is 98.1 g/mol. The minimum atomic E-state index is -0.454. The Morgan fingerprint density at radius 3 is 2.50 bits per heavy atom. The molecule has 32 valence electrons. The van der Waals surface area contributed by atoms with E-state index in [9.17, 15) is 4.79 Å². The predicted octanol–water partition coefficient (Wildman–Crippen LogP) is 0.429. The van der Waals surface area contributed by atoms with Crippen molar-refractivity contribution < 1.29 is 4.79 Å². The fraction of sp³-hybridized carbons (Fsp3) is 0. The molecule has 1 amide bonds. The Balaban J connectivity index is 3.52. The van der Waals surface area contributed by atoms with Crippen LogP contribution in [-0.4, -0.2) is 5.91 Å². The molecule has 0 aliphatic heterocycles. The fourth-order valence-electron chi connectivity index (χ4n) is 0.0373. The third kappa shape index (κ3) is 1.72. The van der Waals surface area contributed by atoms with Gasteiger partial charge in [0.1, 0.15) is 0 Å². The van der Waals surface area contributed by atoms with Crippen LogP contribution in [0, 0.1) is 0 Å². The zero-order valence-electron chi connectivity index (χ0n) is 3.05. The van der Waals surface area contributed by atoms with Gasteiger partial charge in [0.2, 0.25) is 0 Å². The van der Waals surface area contributed by atoms with E-state index in [4.69, 9.17) is 0 Å². The molecule has 6 heavy (non-hydrogen) atoms. The first kappa shape index (κ1) is 5.43. The van der Waals surface area contributed by atoms with Crippen LogP contribution in [0.5, 0.6) is 0 Å². The van der Waals surface area contributed by atoms with E-state index in [-0.39, 0.29) is 0 Å². The van der Waals surface area contributed by atoms with Crippen LogP contribution in [0.2, 0.25) is 0 Å². The highest BCUT2D eigenvalue weighted by Crippen LogP contribution is 1.68. The summed E-state index contributed by atoms with van der Waals surface area (Å²) in [6.07, 6.45) is 1.06. The Morgan fingerprint density at radius 1 is 2.00 bits per heavy atom. The molecule has 0 rings (SSSR count). The van der Waals surface area contributed by atoms with Crippen LogP contribution in [0.3, 0.4) is 0 Å². The summed E-state index contributed by atoms with van der Waals surface area (Å²) in [5.41, 5.74) is 0. The quantitative estimate of drug-likeness (QED) is 0.448. The van der Waals surface area contributed by atoms with Crippen LogP contribution >= 0.6 is 0 Å². The van der Waals surface area contributed by atoms with Gasteiger partial charge in [0.15, 0.2) is 0 Å².